The van der Waals surface area contributed by atoms with Gasteiger partial charge in [0.2, 0.25) is 0 Å². The lowest BCUT2D eigenvalue weighted by atomic mass is 10.1. The highest BCUT2D eigenvalue weighted by atomic mass is 16.3. The first-order valence-corrected chi connectivity index (χ1v) is 8.29. The first kappa shape index (κ1) is 17.5. The van der Waals surface area contributed by atoms with Gasteiger partial charge in [0.05, 0.1) is 6.10 Å². The van der Waals surface area contributed by atoms with Crippen LogP contribution in [0.25, 0.3) is 0 Å². The molecule has 2 rings (SSSR count). The van der Waals surface area contributed by atoms with Crippen LogP contribution >= 0.6 is 0 Å². The van der Waals surface area contributed by atoms with Gasteiger partial charge in [-0.15, -0.1) is 6.58 Å². The Kier molecular flexibility index (Phi) is 7.05. The molecule has 0 aliphatic carbocycles. The van der Waals surface area contributed by atoms with E-state index in [9.17, 15) is 5.11 Å². The van der Waals surface area contributed by atoms with Gasteiger partial charge in [0.25, 0.3) is 0 Å². The Balaban J connectivity index is 2.07. The van der Waals surface area contributed by atoms with Crippen molar-refractivity contribution in [3.8, 4) is 0 Å². The maximum Gasteiger partial charge on any atom is 0.0670 e. The van der Waals surface area contributed by atoms with Gasteiger partial charge in [0.1, 0.15) is 0 Å². The number of benzene rings is 2. The van der Waals surface area contributed by atoms with Crippen molar-refractivity contribution in [2.24, 2.45) is 0 Å². The first-order valence-electron chi connectivity index (χ1n) is 8.29. The van der Waals surface area contributed by atoms with Crippen LogP contribution in [0, 0.1) is 6.92 Å². The minimum atomic E-state index is -0.319. The maximum absolute atomic E-state index is 10.3. The smallest absolute Gasteiger partial charge is 0.0670 e. The molecule has 0 saturated carbocycles. The standard InChI is InChI=1S/C21H27NO/c1-3-4-14-21(23)17-22(15-19-11-6-5-7-12-19)16-20-13-9-8-10-18(20)2/h3,5-13,21,23H,1,4,14-17H2,2H3. The van der Waals surface area contributed by atoms with E-state index < -0.39 is 0 Å². The normalized spacial score (nSPS) is 12.3. The van der Waals surface area contributed by atoms with E-state index in [0.717, 1.165) is 25.9 Å². The fourth-order valence-corrected chi connectivity index (χ4v) is 2.75. The number of aliphatic hydroxyl groups is 1. The molecule has 1 unspecified atom stereocenters. The van der Waals surface area contributed by atoms with E-state index in [2.05, 4.69) is 66.9 Å². The Labute approximate surface area is 140 Å². The lowest BCUT2D eigenvalue weighted by molar-refractivity contribution is 0.0983. The molecule has 1 atom stereocenters. The van der Waals surface area contributed by atoms with E-state index >= 15 is 0 Å². The van der Waals surface area contributed by atoms with Gasteiger partial charge in [-0.25, -0.2) is 0 Å². The lowest BCUT2D eigenvalue weighted by Gasteiger charge is -2.26. The third-order valence-corrected chi connectivity index (χ3v) is 4.08. The van der Waals surface area contributed by atoms with Crippen LogP contribution in [-0.4, -0.2) is 22.7 Å². The van der Waals surface area contributed by atoms with E-state index in [1.54, 1.807) is 0 Å². The van der Waals surface area contributed by atoms with E-state index in [1.807, 2.05) is 12.1 Å². The third kappa shape index (κ3) is 6.01. The average molecular weight is 309 g/mol. The van der Waals surface area contributed by atoms with Crippen LogP contribution in [-0.2, 0) is 13.1 Å². The summed E-state index contributed by atoms with van der Waals surface area (Å²) in [6.07, 6.45) is 3.17. The summed E-state index contributed by atoms with van der Waals surface area (Å²) >= 11 is 0. The summed E-state index contributed by atoms with van der Waals surface area (Å²) in [5, 5.41) is 10.3. The maximum atomic E-state index is 10.3. The number of hydrogen-bond donors (Lipinski definition) is 1. The van der Waals surface area contributed by atoms with Crippen molar-refractivity contribution in [2.75, 3.05) is 6.54 Å². The Morgan fingerprint density at radius 1 is 1.04 bits per heavy atom. The van der Waals surface area contributed by atoms with Crippen molar-refractivity contribution in [3.05, 3.63) is 83.9 Å². The molecule has 0 fully saturated rings. The number of aryl methyl sites for hydroxylation is 1. The molecule has 2 aromatic rings. The second-order valence-electron chi connectivity index (χ2n) is 6.10. The van der Waals surface area contributed by atoms with Gasteiger partial charge in [-0.3, -0.25) is 4.90 Å². The van der Waals surface area contributed by atoms with Gasteiger partial charge in [-0.05, 0) is 36.5 Å². The highest BCUT2D eigenvalue weighted by Crippen LogP contribution is 2.15. The van der Waals surface area contributed by atoms with Crippen molar-refractivity contribution < 1.29 is 5.11 Å². The molecule has 0 bridgehead atoms. The molecule has 2 nitrogen and oxygen atoms in total. The van der Waals surface area contributed by atoms with Crippen molar-refractivity contribution >= 4 is 0 Å². The zero-order valence-electron chi connectivity index (χ0n) is 14.0. The van der Waals surface area contributed by atoms with E-state index in [-0.39, 0.29) is 6.10 Å². The Hall–Kier alpha value is -1.90. The fourth-order valence-electron chi connectivity index (χ4n) is 2.75. The number of allylic oxidation sites excluding steroid dienone is 1. The largest absolute Gasteiger partial charge is 0.392 e. The molecule has 0 aliphatic heterocycles. The van der Waals surface area contributed by atoms with E-state index in [4.69, 9.17) is 0 Å². The molecule has 2 aromatic carbocycles. The van der Waals surface area contributed by atoms with Crippen molar-refractivity contribution in [2.45, 2.75) is 39.0 Å². The molecule has 23 heavy (non-hydrogen) atoms. The summed E-state index contributed by atoms with van der Waals surface area (Å²) in [4.78, 5) is 2.32. The average Bonchev–Trinajstić information content (AvgIpc) is 2.56. The summed E-state index contributed by atoms with van der Waals surface area (Å²) in [6, 6.07) is 18.9. The van der Waals surface area contributed by atoms with Crippen molar-refractivity contribution in [3.63, 3.8) is 0 Å². The first-order chi connectivity index (χ1) is 11.2. The Morgan fingerprint density at radius 3 is 2.43 bits per heavy atom. The molecule has 0 heterocycles. The molecule has 0 radical (unpaired) electrons. The second kappa shape index (κ2) is 9.29. The topological polar surface area (TPSA) is 23.5 Å². The van der Waals surface area contributed by atoms with E-state index in [1.165, 1.54) is 16.7 Å². The fraction of sp³-hybridized carbons (Fsp3) is 0.333. The highest BCUT2D eigenvalue weighted by Gasteiger charge is 2.13. The minimum absolute atomic E-state index is 0.319. The summed E-state index contributed by atoms with van der Waals surface area (Å²) < 4.78 is 0. The molecule has 122 valence electrons. The molecule has 1 N–H and O–H groups in total. The Bertz CT molecular complexity index is 594. The van der Waals surface area contributed by atoms with Crippen molar-refractivity contribution in [1.29, 1.82) is 0 Å². The van der Waals surface area contributed by atoms with Gasteiger partial charge in [-0.2, -0.15) is 0 Å². The molecule has 0 aliphatic rings. The van der Waals surface area contributed by atoms with Gasteiger partial charge >= 0.3 is 0 Å². The quantitative estimate of drug-likeness (QED) is 0.697. The number of hydrogen-bond acceptors (Lipinski definition) is 2. The molecule has 0 amide bonds. The zero-order valence-corrected chi connectivity index (χ0v) is 14.0. The molecule has 0 saturated heterocycles. The predicted octanol–water partition coefficient (Wildman–Crippen LogP) is 4.32. The van der Waals surface area contributed by atoms with Crippen molar-refractivity contribution in [1.82, 2.24) is 4.90 Å². The molecular formula is C21H27NO. The number of rotatable bonds is 9. The minimum Gasteiger partial charge on any atom is -0.392 e. The molecular weight excluding hydrogens is 282 g/mol. The van der Waals surface area contributed by atoms with Gasteiger partial charge in [0, 0.05) is 19.6 Å². The highest BCUT2D eigenvalue weighted by molar-refractivity contribution is 5.25. The van der Waals surface area contributed by atoms with Crippen LogP contribution in [0.3, 0.4) is 0 Å². The third-order valence-electron chi connectivity index (χ3n) is 4.08. The predicted molar refractivity (Wildman–Crippen MR) is 97.2 cm³/mol. The van der Waals surface area contributed by atoms with E-state index in [0.29, 0.717) is 6.54 Å². The monoisotopic (exact) mass is 309 g/mol. The second-order valence-corrected chi connectivity index (χ2v) is 6.10. The van der Waals surface area contributed by atoms with Crippen LogP contribution in [0.2, 0.25) is 0 Å². The number of nitrogens with zero attached hydrogens (tertiary/aromatic N) is 1. The van der Waals surface area contributed by atoms with Crippen LogP contribution < -0.4 is 0 Å². The number of aliphatic hydroxyl groups excluding tert-OH is 1. The summed E-state index contributed by atoms with van der Waals surface area (Å²) in [6.45, 7) is 8.26. The molecule has 0 spiro atoms. The summed E-state index contributed by atoms with van der Waals surface area (Å²) in [7, 11) is 0. The van der Waals surface area contributed by atoms with Crippen LogP contribution in [0.4, 0.5) is 0 Å². The Morgan fingerprint density at radius 2 is 1.74 bits per heavy atom. The lowest BCUT2D eigenvalue weighted by Crippen LogP contribution is -2.32. The van der Waals surface area contributed by atoms with Crippen LogP contribution in [0.15, 0.2) is 67.3 Å². The zero-order chi connectivity index (χ0) is 16.5. The van der Waals surface area contributed by atoms with Crippen LogP contribution in [0.5, 0.6) is 0 Å². The van der Waals surface area contributed by atoms with Gasteiger partial charge < -0.3 is 5.11 Å². The van der Waals surface area contributed by atoms with Gasteiger partial charge in [-0.1, -0.05) is 60.7 Å². The summed E-state index contributed by atoms with van der Waals surface area (Å²) in [5.74, 6) is 0. The SMILES string of the molecule is C=CCCC(O)CN(Cc1ccccc1)Cc1ccccc1C. The van der Waals surface area contributed by atoms with Gasteiger partial charge in [0.15, 0.2) is 0 Å². The summed E-state index contributed by atoms with van der Waals surface area (Å²) in [5.41, 5.74) is 3.89. The molecule has 2 heteroatoms. The molecule has 0 aromatic heterocycles. The van der Waals surface area contributed by atoms with Crippen LogP contribution in [0.1, 0.15) is 29.5 Å².